The SMILES string of the molecule is C1=C[C@@H]2[C@H](C=C1)[C@@H]1[C@H]2[C@@H]2C=C[C@H]1OO2. The van der Waals surface area contributed by atoms with Crippen molar-refractivity contribution in [3.05, 3.63) is 36.5 Å². The summed E-state index contributed by atoms with van der Waals surface area (Å²) in [5.74, 6) is 2.69. The van der Waals surface area contributed by atoms with Gasteiger partial charge < -0.3 is 0 Å². The van der Waals surface area contributed by atoms with Crippen LogP contribution in [0.15, 0.2) is 36.5 Å². The van der Waals surface area contributed by atoms with Gasteiger partial charge in [-0.3, -0.25) is 0 Å². The summed E-state index contributed by atoms with van der Waals surface area (Å²) in [6.07, 6.45) is 13.7. The fraction of sp³-hybridized carbons (Fsp3) is 0.500. The molecule has 1 saturated heterocycles. The van der Waals surface area contributed by atoms with Gasteiger partial charge in [-0.05, 0) is 11.8 Å². The second kappa shape index (κ2) is 2.38. The van der Waals surface area contributed by atoms with E-state index in [9.17, 15) is 0 Å². The highest BCUT2D eigenvalue weighted by Crippen LogP contribution is 2.57. The molecule has 3 aliphatic carbocycles. The zero-order chi connectivity index (χ0) is 9.12. The molecule has 0 spiro atoms. The van der Waals surface area contributed by atoms with E-state index < -0.39 is 0 Å². The molecular formula is C12H12O2. The van der Waals surface area contributed by atoms with Gasteiger partial charge in [0, 0.05) is 11.8 Å². The van der Waals surface area contributed by atoms with Gasteiger partial charge >= 0.3 is 0 Å². The molecule has 0 N–H and O–H groups in total. The largest absolute Gasteiger partial charge is 0.228 e. The Morgan fingerprint density at radius 3 is 1.57 bits per heavy atom. The summed E-state index contributed by atoms with van der Waals surface area (Å²) >= 11 is 0. The Bertz CT molecular complexity index is 321. The molecule has 6 atom stereocenters. The normalized spacial score (nSPS) is 56.6. The van der Waals surface area contributed by atoms with Crippen molar-refractivity contribution in [1.82, 2.24) is 0 Å². The molecule has 2 heteroatoms. The Balaban J connectivity index is 1.75. The molecule has 2 fully saturated rings. The average molecular weight is 188 g/mol. The zero-order valence-electron chi connectivity index (χ0n) is 7.74. The van der Waals surface area contributed by atoms with Crippen molar-refractivity contribution in [2.45, 2.75) is 12.2 Å². The van der Waals surface area contributed by atoms with E-state index in [1.54, 1.807) is 0 Å². The zero-order valence-corrected chi connectivity index (χ0v) is 7.74. The van der Waals surface area contributed by atoms with E-state index in [0.717, 1.165) is 0 Å². The van der Waals surface area contributed by atoms with Crippen LogP contribution in [0.1, 0.15) is 0 Å². The maximum atomic E-state index is 5.32. The Morgan fingerprint density at radius 2 is 1.14 bits per heavy atom. The van der Waals surface area contributed by atoms with E-state index in [1.165, 1.54) is 0 Å². The number of hydrogen-bond donors (Lipinski definition) is 0. The predicted octanol–water partition coefficient (Wildman–Crippen LogP) is 1.86. The minimum absolute atomic E-state index is 0.197. The highest BCUT2D eigenvalue weighted by atomic mass is 17.2. The molecule has 0 radical (unpaired) electrons. The van der Waals surface area contributed by atoms with Crippen LogP contribution >= 0.6 is 0 Å². The van der Waals surface area contributed by atoms with E-state index in [-0.39, 0.29) is 12.2 Å². The Labute approximate surface area is 82.8 Å². The maximum absolute atomic E-state index is 5.32. The first-order chi connectivity index (χ1) is 6.95. The number of allylic oxidation sites excluding steroid dienone is 4. The molecular weight excluding hydrogens is 176 g/mol. The second-order valence-electron chi connectivity index (χ2n) is 4.59. The lowest BCUT2D eigenvalue weighted by Crippen LogP contribution is -2.61. The summed E-state index contributed by atoms with van der Waals surface area (Å²) in [7, 11) is 0. The molecule has 0 aromatic rings. The number of hydrogen-bond acceptors (Lipinski definition) is 2. The van der Waals surface area contributed by atoms with Crippen LogP contribution in [0, 0.1) is 23.7 Å². The Hall–Kier alpha value is -0.860. The van der Waals surface area contributed by atoms with Crippen molar-refractivity contribution in [1.29, 1.82) is 0 Å². The third-order valence-electron chi connectivity index (χ3n) is 4.08. The fourth-order valence-electron chi connectivity index (χ4n) is 3.45. The lowest BCUT2D eigenvalue weighted by Gasteiger charge is -2.59. The standard InChI is InChI=1S/C12H12O2/c1-2-4-8-7(3-1)11-9-5-6-10(12(8)11)14-13-9/h1-12H/t7-,8+,9+,10-,11-,12+. The van der Waals surface area contributed by atoms with Crippen molar-refractivity contribution >= 4 is 0 Å². The third-order valence-corrected chi connectivity index (χ3v) is 4.08. The van der Waals surface area contributed by atoms with Gasteiger partial charge in [0.05, 0.1) is 0 Å². The smallest absolute Gasteiger partial charge is 0.115 e. The van der Waals surface area contributed by atoms with Crippen LogP contribution in [0.4, 0.5) is 0 Å². The summed E-state index contributed by atoms with van der Waals surface area (Å²) in [5, 5.41) is 0. The lowest BCUT2D eigenvalue weighted by molar-refractivity contribution is -0.412. The van der Waals surface area contributed by atoms with Gasteiger partial charge in [-0.25, -0.2) is 9.78 Å². The van der Waals surface area contributed by atoms with Crippen LogP contribution in [0.3, 0.4) is 0 Å². The summed E-state index contributed by atoms with van der Waals surface area (Å²) in [6.45, 7) is 0. The molecule has 1 saturated carbocycles. The van der Waals surface area contributed by atoms with Crippen LogP contribution < -0.4 is 0 Å². The van der Waals surface area contributed by atoms with Crippen LogP contribution in [0.25, 0.3) is 0 Å². The lowest BCUT2D eigenvalue weighted by atomic mass is 9.50. The monoisotopic (exact) mass is 188 g/mol. The molecule has 14 heavy (non-hydrogen) atoms. The highest BCUT2D eigenvalue weighted by molar-refractivity contribution is 5.29. The summed E-state index contributed by atoms with van der Waals surface area (Å²) in [6, 6.07) is 0. The molecule has 72 valence electrons. The molecule has 5 aliphatic rings. The molecule has 0 unspecified atom stereocenters. The van der Waals surface area contributed by atoms with Gasteiger partial charge in [0.25, 0.3) is 0 Å². The highest BCUT2D eigenvalue weighted by Gasteiger charge is 2.59. The van der Waals surface area contributed by atoms with Crippen molar-refractivity contribution < 1.29 is 9.78 Å². The minimum Gasteiger partial charge on any atom is -0.228 e. The Kier molecular flexibility index (Phi) is 1.27. The van der Waals surface area contributed by atoms with Crippen LogP contribution in [-0.4, -0.2) is 12.2 Å². The van der Waals surface area contributed by atoms with Gasteiger partial charge in [-0.1, -0.05) is 36.5 Å². The van der Waals surface area contributed by atoms with Crippen molar-refractivity contribution in [2.75, 3.05) is 0 Å². The summed E-state index contributed by atoms with van der Waals surface area (Å²) in [4.78, 5) is 10.6. The summed E-state index contributed by atoms with van der Waals surface area (Å²) < 4.78 is 0. The topological polar surface area (TPSA) is 18.5 Å². The first-order valence-corrected chi connectivity index (χ1v) is 5.30. The van der Waals surface area contributed by atoms with Crippen molar-refractivity contribution in [2.24, 2.45) is 23.7 Å². The average Bonchev–Trinajstić information content (AvgIpc) is 2.25. The van der Waals surface area contributed by atoms with Gasteiger partial charge in [0.15, 0.2) is 0 Å². The van der Waals surface area contributed by atoms with E-state index in [2.05, 4.69) is 36.5 Å². The van der Waals surface area contributed by atoms with Crippen molar-refractivity contribution in [3.63, 3.8) is 0 Å². The van der Waals surface area contributed by atoms with Gasteiger partial charge in [-0.2, -0.15) is 0 Å². The van der Waals surface area contributed by atoms with Crippen LogP contribution in [0.2, 0.25) is 0 Å². The van der Waals surface area contributed by atoms with E-state index >= 15 is 0 Å². The molecule has 0 aromatic carbocycles. The van der Waals surface area contributed by atoms with Gasteiger partial charge in [0.1, 0.15) is 12.2 Å². The summed E-state index contributed by atoms with van der Waals surface area (Å²) in [5.41, 5.74) is 0. The van der Waals surface area contributed by atoms with Gasteiger partial charge in [-0.15, -0.1) is 0 Å². The molecule has 0 aromatic heterocycles. The first-order valence-electron chi connectivity index (χ1n) is 5.30. The quantitative estimate of drug-likeness (QED) is 0.426. The molecule has 2 aliphatic heterocycles. The molecule has 0 amide bonds. The van der Waals surface area contributed by atoms with E-state index in [1.807, 2.05) is 0 Å². The molecule has 2 nitrogen and oxygen atoms in total. The maximum Gasteiger partial charge on any atom is 0.115 e. The number of rotatable bonds is 0. The minimum atomic E-state index is 0.197. The number of fused-ring (bicyclic) bond motifs is 2. The molecule has 2 heterocycles. The predicted molar refractivity (Wildman–Crippen MR) is 51.1 cm³/mol. The second-order valence-corrected chi connectivity index (χ2v) is 4.59. The molecule has 5 rings (SSSR count). The van der Waals surface area contributed by atoms with Crippen LogP contribution in [0.5, 0.6) is 0 Å². The van der Waals surface area contributed by atoms with E-state index in [0.29, 0.717) is 23.7 Å². The third kappa shape index (κ3) is 0.711. The van der Waals surface area contributed by atoms with Gasteiger partial charge in [0.2, 0.25) is 0 Å². The van der Waals surface area contributed by atoms with Crippen molar-refractivity contribution in [3.8, 4) is 0 Å². The van der Waals surface area contributed by atoms with E-state index in [4.69, 9.17) is 9.78 Å². The first kappa shape index (κ1) is 7.43. The van der Waals surface area contributed by atoms with Crippen LogP contribution in [-0.2, 0) is 9.78 Å². The fourth-order valence-corrected chi connectivity index (χ4v) is 3.45. The molecule has 2 bridgehead atoms. The Morgan fingerprint density at radius 1 is 0.643 bits per heavy atom.